The monoisotopic (exact) mass is 459 g/mol. The van der Waals surface area contributed by atoms with Gasteiger partial charge in [-0.3, -0.25) is 0 Å². The van der Waals surface area contributed by atoms with Crippen molar-refractivity contribution in [2.45, 2.75) is 39.0 Å². The molecular formula is C28H27ClFN3. The molecule has 0 amide bonds. The summed E-state index contributed by atoms with van der Waals surface area (Å²) in [6.45, 7) is 8.59. The molecule has 33 heavy (non-hydrogen) atoms. The number of aromatic nitrogens is 2. The number of hydrogen-bond acceptors (Lipinski definition) is 3. The van der Waals surface area contributed by atoms with Gasteiger partial charge in [0.1, 0.15) is 11.6 Å². The van der Waals surface area contributed by atoms with Crippen LogP contribution >= 0.6 is 11.6 Å². The molecule has 0 saturated carbocycles. The van der Waals surface area contributed by atoms with Crippen molar-refractivity contribution in [1.82, 2.24) is 9.97 Å². The van der Waals surface area contributed by atoms with Gasteiger partial charge in [-0.2, -0.15) is 0 Å². The summed E-state index contributed by atoms with van der Waals surface area (Å²) in [4.78, 5) is 9.51. The van der Waals surface area contributed by atoms with E-state index < -0.39 is 0 Å². The van der Waals surface area contributed by atoms with Crippen LogP contribution in [0.25, 0.3) is 28.0 Å². The molecule has 1 atom stereocenters. The predicted molar refractivity (Wildman–Crippen MR) is 137 cm³/mol. The number of halogens is 2. The van der Waals surface area contributed by atoms with Crippen molar-refractivity contribution in [2.75, 3.05) is 5.32 Å². The smallest absolute Gasteiger partial charge is 0.163 e. The fraction of sp³-hybridized carbons (Fsp3) is 0.214. The van der Waals surface area contributed by atoms with Crippen LogP contribution in [0.15, 0.2) is 73.3 Å². The molecular weight excluding hydrogens is 433 g/mol. The van der Waals surface area contributed by atoms with E-state index in [0.717, 1.165) is 46.9 Å². The third-order valence-electron chi connectivity index (χ3n) is 5.90. The highest BCUT2D eigenvalue weighted by Crippen LogP contribution is 2.34. The number of hydrogen-bond donors (Lipinski definition) is 1. The maximum absolute atomic E-state index is 14.3. The summed E-state index contributed by atoms with van der Waals surface area (Å²) in [5.41, 5.74) is 4.02. The van der Waals surface area contributed by atoms with Crippen molar-refractivity contribution in [2.24, 2.45) is 0 Å². The number of fused-ring (bicyclic) bond motifs is 1. The van der Waals surface area contributed by atoms with Crippen LogP contribution in [-0.4, -0.2) is 9.97 Å². The van der Waals surface area contributed by atoms with Gasteiger partial charge in [-0.1, -0.05) is 68.8 Å². The summed E-state index contributed by atoms with van der Waals surface area (Å²) in [5, 5.41) is 4.80. The Hall–Kier alpha value is -3.24. The number of anilines is 1. The summed E-state index contributed by atoms with van der Waals surface area (Å²) in [6, 6.07) is 20.2. The number of nitrogens with one attached hydrogen (secondary N) is 1. The van der Waals surface area contributed by atoms with Crippen LogP contribution in [0, 0.1) is 5.82 Å². The van der Waals surface area contributed by atoms with Crippen LogP contribution in [0.2, 0.25) is 5.02 Å². The zero-order valence-electron chi connectivity index (χ0n) is 18.9. The largest absolute Gasteiger partial charge is 0.340 e. The van der Waals surface area contributed by atoms with Gasteiger partial charge in [0.2, 0.25) is 0 Å². The van der Waals surface area contributed by atoms with Crippen LogP contribution in [0.1, 0.15) is 50.2 Å². The molecule has 168 valence electrons. The summed E-state index contributed by atoms with van der Waals surface area (Å²) in [5.74, 6) is 1.18. The first-order chi connectivity index (χ1) is 16.0. The predicted octanol–water partition coefficient (Wildman–Crippen LogP) is 8.47. The zero-order chi connectivity index (χ0) is 23.4. The zero-order valence-corrected chi connectivity index (χ0v) is 19.7. The Kier molecular flexibility index (Phi) is 7.05. The lowest BCUT2D eigenvalue weighted by molar-refractivity contribution is 0.588. The summed E-state index contributed by atoms with van der Waals surface area (Å²) in [6.07, 6.45) is 3.08. The number of para-hydroxylation sites is 1. The molecule has 4 rings (SSSR count). The van der Waals surface area contributed by atoms with Crippen molar-refractivity contribution in [3.05, 3.63) is 95.3 Å². The second-order valence-corrected chi connectivity index (χ2v) is 8.53. The summed E-state index contributed by atoms with van der Waals surface area (Å²) in [7, 11) is 0. The van der Waals surface area contributed by atoms with E-state index in [9.17, 15) is 4.39 Å². The number of nitrogens with zero attached hydrogens (tertiary/aromatic N) is 2. The van der Waals surface area contributed by atoms with Gasteiger partial charge in [0, 0.05) is 22.2 Å². The topological polar surface area (TPSA) is 37.8 Å². The van der Waals surface area contributed by atoms with E-state index in [1.165, 1.54) is 6.07 Å². The highest BCUT2D eigenvalue weighted by Gasteiger charge is 2.18. The van der Waals surface area contributed by atoms with E-state index >= 15 is 0 Å². The van der Waals surface area contributed by atoms with Crippen molar-refractivity contribution in [3.63, 3.8) is 0 Å². The SMILES string of the molecule is C=C(Nc1nc(-c2ccccc2Cl)nc2ccccc12)c1cc(F)ccc1C(CC)CCC. The van der Waals surface area contributed by atoms with Crippen molar-refractivity contribution in [1.29, 1.82) is 0 Å². The van der Waals surface area contributed by atoms with Gasteiger partial charge in [0.25, 0.3) is 0 Å². The van der Waals surface area contributed by atoms with Crippen LogP contribution in [0.3, 0.4) is 0 Å². The molecule has 0 fully saturated rings. The van der Waals surface area contributed by atoms with E-state index in [1.54, 1.807) is 6.07 Å². The van der Waals surface area contributed by atoms with Gasteiger partial charge in [0.15, 0.2) is 5.82 Å². The molecule has 1 N–H and O–H groups in total. The second kappa shape index (κ2) is 10.1. The number of rotatable bonds is 8. The minimum Gasteiger partial charge on any atom is -0.340 e. The van der Waals surface area contributed by atoms with Crippen molar-refractivity contribution < 1.29 is 4.39 Å². The molecule has 3 aromatic carbocycles. The maximum atomic E-state index is 14.3. The third-order valence-corrected chi connectivity index (χ3v) is 6.23. The summed E-state index contributed by atoms with van der Waals surface area (Å²) < 4.78 is 14.3. The Morgan fingerprint density at radius 1 is 1.03 bits per heavy atom. The molecule has 0 radical (unpaired) electrons. The fourth-order valence-electron chi connectivity index (χ4n) is 4.22. The molecule has 5 heteroatoms. The lowest BCUT2D eigenvalue weighted by atomic mass is 9.87. The van der Waals surface area contributed by atoms with Crippen LogP contribution in [-0.2, 0) is 0 Å². The molecule has 0 aliphatic carbocycles. The van der Waals surface area contributed by atoms with Crippen LogP contribution in [0.4, 0.5) is 10.2 Å². The molecule has 1 heterocycles. The maximum Gasteiger partial charge on any atom is 0.163 e. The molecule has 0 saturated heterocycles. The lowest BCUT2D eigenvalue weighted by Gasteiger charge is -2.21. The van der Waals surface area contributed by atoms with Gasteiger partial charge in [-0.15, -0.1) is 0 Å². The van der Waals surface area contributed by atoms with E-state index in [4.69, 9.17) is 21.6 Å². The Morgan fingerprint density at radius 3 is 2.55 bits per heavy atom. The minimum absolute atomic E-state index is 0.285. The normalized spacial score (nSPS) is 12.0. The first kappa shape index (κ1) is 22.9. The van der Waals surface area contributed by atoms with Gasteiger partial charge in [0.05, 0.1) is 10.5 Å². The Labute approximate surface area is 199 Å². The van der Waals surface area contributed by atoms with E-state index in [2.05, 4.69) is 25.7 Å². The highest BCUT2D eigenvalue weighted by atomic mass is 35.5. The Balaban J connectivity index is 1.79. The van der Waals surface area contributed by atoms with Gasteiger partial charge < -0.3 is 5.32 Å². The minimum atomic E-state index is -0.285. The van der Waals surface area contributed by atoms with Crippen molar-refractivity contribution in [3.8, 4) is 11.4 Å². The van der Waals surface area contributed by atoms with E-state index in [0.29, 0.717) is 28.3 Å². The van der Waals surface area contributed by atoms with E-state index in [1.807, 2.05) is 54.6 Å². The third kappa shape index (κ3) is 4.91. The molecule has 0 spiro atoms. The highest BCUT2D eigenvalue weighted by molar-refractivity contribution is 6.33. The van der Waals surface area contributed by atoms with Crippen LogP contribution in [0.5, 0.6) is 0 Å². The molecule has 1 unspecified atom stereocenters. The molecule has 0 aliphatic rings. The van der Waals surface area contributed by atoms with Gasteiger partial charge >= 0.3 is 0 Å². The Bertz CT molecular complexity index is 1300. The van der Waals surface area contributed by atoms with Crippen molar-refractivity contribution >= 4 is 34.0 Å². The first-order valence-electron chi connectivity index (χ1n) is 11.3. The average Bonchev–Trinajstić information content (AvgIpc) is 2.83. The molecule has 0 aliphatic heterocycles. The van der Waals surface area contributed by atoms with E-state index in [-0.39, 0.29) is 5.82 Å². The molecule has 4 aromatic rings. The van der Waals surface area contributed by atoms with Crippen LogP contribution < -0.4 is 5.32 Å². The molecule has 1 aromatic heterocycles. The number of benzene rings is 3. The molecule has 3 nitrogen and oxygen atoms in total. The standard InChI is InChI=1S/C28H27ClFN3/c1-4-10-19(5-2)21-16-15-20(30)17-24(21)18(3)31-28-23-12-7-9-14-26(23)32-27(33-28)22-11-6-8-13-25(22)29/h6-9,11-17,19H,3-5,10H2,1-2H3,(H,31,32,33). The molecule has 0 bridgehead atoms. The average molecular weight is 460 g/mol. The lowest BCUT2D eigenvalue weighted by Crippen LogP contribution is -2.08. The second-order valence-electron chi connectivity index (χ2n) is 8.12. The Morgan fingerprint density at radius 2 is 1.79 bits per heavy atom. The van der Waals surface area contributed by atoms with Gasteiger partial charge in [-0.05, 0) is 60.7 Å². The first-order valence-corrected chi connectivity index (χ1v) is 11.7. The summed E-state index contributed by atoms with van der Waals surface area (Å²) >= 11 is 6.42. The quantitative estimate of drug-likeness (QED) is 0.287. The van der Waals surface area contributed by atoms with Gasteiger partial charge in [-0.25, -0.2) is 14.4 Å². The fourth-order valence-corrected chi connectivity index (χ4v) is 4.44.